The van der Waals surface area contributed by atoms with E-state index in [9.17, 15) is 21.6 Å². The summed E-state index contributed by atoms with van der Waals surface area (Å²) in [5, 5.41) is 7.69. The Morgan fingerprint density at radius 2 is 1.77 bits per heavy atom. The van der Waals surface area contributed by atoms with Gasteiger partial charge in [0.15, 0.2) is 5.76 Å². The Hall–Kier alpha value is -2.88. The molecule has 10 heteroatoms. The van der Waals surface area contributed by atoms with Crippen molar-refractivity contribution in [3.63, 3.8) is 0 Å². The van der Waals surface area contributed by atoms with Crippen LogP contribution in [0, 0.1) is 6.92 Å². The number of hydrogen-bond donors (Lipinski definition) is 0. The second-order valence-corrected chi connectivity index (χ2v) is 6.85. The summed E-state index contributed by atoms with van der Waals surface area (Å²) >= 11 is 0. The summed E-state index contributed by atoms with van der Waals surface area (Å²) in [6.07, 6.45) is 1.06. The first-order chi connectivity index (χ1) is 12.2. The molecule has 0 saturated carbocycles. The van der Waals surface area contributed by atoms with E-state index in [-0.39, 0.29) is 5.56 Å². The minimum absolute atomic E-state index is 0.180. The molecule has 0 aliphatic rings. The SMILES string of the molecule is Cc1ccccc1/C(=C\n1nnc2ccccc21)OS(=O)(=O)C(F)(F)F. The van der Waals surface area contributed by atoms with Crippen LogP contribution in [0.2, 0.25) is 0 Å². The maximum absolute atomic E-state index is 12.8. The molecular weight excluding hydrogens is 371 g/mol. The molecule has 2 aromatic carbocycles. The van der Waals surface area contributed by atoms with E-state index < -0.39 is 21.4 Å². The Kier molecular flexibility index (Phi) is 4.45. The standard InChI is InChI=1S/C16H12F3N3O3S/c1-11-6-2-3-7-12(11)15(25-26(23,24)16(17,18)19)10-22-14-9-5-4-8-13(14)20-21-22/h2-10H,1H3/b15-10+. The average molecular weight is 383 g/mol. The van der Waals surface area contributed by atoms with Crippen LogP contribution in [0.5, 0.6) is 0 Å². The summed E-state index contributed by atoms with van der Waals surface area (Å²) in [6, 6.07) is 13.0. The summed E-state index contributed by atoms with van der Waals surface area (Å²) in [4.78, 5) is 0. The zero-order valence-electron chi connectivity index (χ0n) is 13.3. The molecule has 26 heavy (non-hydrogen) atoms. The smallest absolute Gasteiger partial charge is 0.374 e. The van der Waals surface area contributed by atoms with Crippen LogP contribution in [0.4, 0.5) is 13.2 Å². The van der Waals surface area contributed by atoms with Crippen LogP contribution >= 0.6 is 0 Å². The second kappa shape index (κ2) is 6.45. The highest BCUT2D eigenvalue weighted by molar-refractivity contribution is 7.87. The minimum atomic E-state index is -5.85. The van der Waals surface area contributed by atoms with Gasteiger partial charge in [0.05, 0.1) is 11.7 Å². The van der Waals surface area contributed by atoms with E-state index in [2.05, 4.69) is 14.5 Å². The summed E-state index contributed by atoms with van der Waals surface area (Å²) < 4.78 is 66.9. The number of aryl methyl sites for hydroxylation is 1. The summed E-state index contributed by atoms with van der Waals surface area (Å²) in [6.45, 7) is 1.62. The van der Waals surface area contributed by atoms with Crippen molar-refractivity contribution < 1.29 is 25.8 Å². The first kappa shape index (κ1) is 17.9. The molecule has 0 saturated heterocycles. The molecule has 0 amide bonds. The Bertz CT molecular complexity index is 1090. The molecule has 136 valence electrons. The van der Waals surface area contributed by atoms with E-state index in [4.69, 9.17) is 0 Å². The molecule has 0 radical (unpaired) electrons. The molecule has 3 rings (SSSR count). The topological polar surface area (TPSA) is 74.1 Å². The Morgan fingerprint density at radius 1 is 1.12 bits per heavy atom. The van der Waals surface area contributed by atoms with Gasteiger partial charge in [0.2, 0.25) is 0 Å². The van der Waals surface area contributed by atoms with Gasteiger partial charge >= 0.3 is 15.6 Å². The lowest BCUT2D eigenvalue weighted by Crippen LogP contribution is -2.25. The molecule has 0 N–H and O–H groups in total. The van der Waals surface area contributed by atoms with E-state index in [1.54, 1.807) is 49.4 Å². The van der Waals surface area contributed by atoms with Crippen molar-refractivity contribution in [3.8, 4) is 0 Å². The normalized spacial score (nSPS) is 13.2. The number of nitrogens with zero attached hydrogens (tertiary/aromatic N) is 3. The predicted molar refractivity (Wildman–Crippen MR) is 88.9 cm³/mol. The Morgan fingerprint density at radius 3 is 2.46 bits per heavy atom. The first-order valence-corrected chi connectivity index (χ1v) is 8.68. The largest absolute Gasteiger partial charge is 0.534 e. The lowest BCUT2D eigenvalue weighted by atomic mass is 10.1. The fourth-order valence-corrected chi connectivity index (χ4v) is 2.71. The van der Waals surface area contributed by atoms with Gasteiger partial charge in [-0.3, -0.25) is 0 Å². The third kappa shape index (κ3) is 3.40. The van der Waals surface area contributed by atoms with Gasteiger partial charge in [-0.2, -0.15) is 21.6 Å². The number of para-hydroxylation sites is 1. The third-order valence-electron chi connectivity index (χ3n) is 3.51. The van der Waals surface area contributed by atoms with E-state index in [0.29, 0.717) is 16.6 Å². The molecule has 0 atom stereocenters. The van der Waals surface area contributed by atoms with Crippen molar-refractivity contribution in [1.29, 1.82) is 0 Å². The second-order valence-electron chi connectivity index (χ2n) is 5.31. The van der Waals surface area contributed by atoms with Crippen LogP contribution in [-0.2, 0) is 14.3 Å². The van der Waals surface area contributed by atoms with Crippen molar-refractivity contribution in [3.05, 3.63) is 59.7 Å². The fraction of sp³-hybridized carbons (Fsp3) is 0.125. The highest BCUT2D eigenvalue weighted by Gasteiger charge is 2.49. The minimum Gasteiger partial charge on any atom is -0.374 e. The van der Waals surface area contributed by atoms with Gasteiger partial charge in [0.1, 0.15) is 5.52 Å². The number of alkyl halides is 3. The number of benzene rings is 2. The van der Waals surface area contributed by atoms with E-state index >= 15 is 0 Å². The molecule has 3 aromatic rings. The average Bonchev–Trinajstić information content (AvgIpc) is 2.97. The summed E-state index contributed by atoms with van der Waals surface area (Å²) in [5.41, 5.74) is -3.88. The molecule has 0 bridgehead atoms. The van der Waals surface area contributed by atoms with E-state index in [0.717, 1.165) is 10.9 Å². The van der Waals surface area contributed by atoms with Crippen molar-refractivity contribution >= 4 is 33.1 Å². The van der Waals surface area contributed by atoms with Gasteiger partial charge in [-0.05, 0) is 24.6 Å². The number of fused-ring (bicyclic) bond motifs is 1. The molecule has 0 fully saturated rings. The summed E-state index contributed by atoms with van der Waals surface area (Å²) in [7, 11) is -5.85. The maximum atomic E-state index is 12.8. The molecular formula is C16H12F3N3O3S. The van der Waals surface area contributed by atoms with Crippen molar-refractivity contribution in [2.45, 2.75) is 12.4 Å². The van der Waals surface area contributed by atoms with Gasteiger partial charge in [-0.25, -0.2) is 4.68 Å². The molecule has 0 spiro atoms. The van der Waals surface area contributed by atoms with Crippen molar-refractivity contribution in [1.82, 2.24) is 15.0 Å². The molecule has 0 aliphatic carbocycles. The zero-order valence-corrected chi connectivity index (χ0v) is 14.1. The first-order valence-electron chi connectivity index (χ1n) is 7.27. The zero-order chi connectivity index (χ0) is 18.9. The predicted octanol–water partition coefficient (Wildman–Crippen LogP) is 3.56. The number of rotatable bonds is 4. The molecule has 0 aliphatic heterocycles. The Balaban J connectivity index is 2.17. The molecule has 0 unspecified atom stereocenters. The number of hydrogen-bond acceptors (Lipinski definition) is 5. The van der Waals surface area contributed by atoms with Crippen molar-refractivity contribution in [2.75, 3.05) is 0 Å². The lowest BCUT2D eigenvalue weighted by molar-refractivity contribution is -0.0509. The van der Waals surface area contributed by atoms with Crippen LogP contribution in [0.15, 0.2) is 48.5 Å². The number of halogens is 3. The quantitative estimate of drug-likeness (QED) is 0.391. The van der Waals surface area contributed by atoms with Crippen LogP contribution in [0.25, 0.3) is 23.0 Å². The maximum Gasteiger partial charge on any atom is 0.534 e. The highest BCUT2D eigenvalue weighted by Crippen LogP contribution is 2.31. The van der Waals surface area contributed by atoms with Crippen molar-refractivity contribution in [2.24, 2.45) is 0 Å². The fourth-order valence-electron chi connectivity index (χ4n) is 2.24. The lowest BCUT2D eigenvalue weighted by Gasteiger charge is -2.14. The van der Waals surface area contributed by atoms with Crippen LogP contribution in [0.3, 0.4) is 0 Å². The monoisotopic (exact) mass is 383 g/mol. The van der Waals surface area contributed by atoms with Gasteiger partial charge in [-0.15, -0.1) is 5.10 Å². The van der Waals surface area contributed by atoms with Crippen LogP contribution < -0.4 is 0 Å². The summed E-state index contributed by atoms with van der Waals surface area (Å²) in [5.74, 6) is -0.518. The molecule has 1 heterocycles. The van der Waals surface area contributed by atoms with E-state index in [1.165, 1.54) is 6.07 Å². The van der Waals surface area contributed by atoms with Gasteiger partial charge in [0, 0.05) is 5.56 Å². The van der Waals surface area contributed by atoms with E-state index in [1.807, 2.05) is 0 Å². The van der Waals surface area contributed by atoms with Crippen LogP contribution in [0.1, 0.15) is 11.1 Å². The highest BCUT2D eigenvalue weighted by atomic mass is 32.2. The van der Waals surface area contributed by atoms with Gasteiger partial charge in [-0.1, -0.05) is 41.6 Å². The molecule has 6 nitrogen and oxygen atoms in total. The Labute approximate surface area is 146 Å². The van der Waals surface area contributed by atoms with Crippen LogP contribution in [-0.4, -0.2) is 28.9 Å². The molecule has 1 aromatic heterocycles. The van der Waals surface area contributed by atoms with Gasteiger partial charge in [0.25, 0.3) is 0 Å². The van der Waals surface area contributed by atoms with Gasteiger partial charge < -0.3 is 4.18 Å². The number of aromatic nitrogens is 3. The third-order valence-corrected chi connectivity index (χ3v) is 4.48.